The lowest BCUT2D eigenvalue weighted by Gasteiger charge is -2.34. The summed E-state index contributed by atoms with van der Waals surface area (Å²) in [6, 6.07) is 3.04. The summed E-state index contributed by atoms with van der Waals surface area (Å²) in [6.07, 6.45) is 0.425. The summed E-state index contributed by atoms with van der Waals surface area (Å²) in [5, 5.41) is 0.379. The zero-order chi connectivity index (χ0) is 17.2. The molecule has 1 saturated heterocycles. The average molecular weight is 361 g/mol. The molecule has 128 valence electrons. The number of hydrogen-bond acceptors (Lipinski definition) is 4. The highest BCUT2D eigenvalue weighted by molar-refractivity contribution is 7.89. The summed E-state index contributed by atoms with van der Waals surface area (Å²) in [7, 11) is -2.28. The first-order valence-corrected chi connectivity index (χ1v) is 9.25. The highest BCUT2D eigenvalue weighted by Crippen LogP contribution is 2.32. The first-order chi connectivity index (χ1) is 10.8. The minimum absolute atomic E-state index is 0.0398. The van der Waals surface area contributed by atoms with Crippen molar-refractivity contribution in [3.63, 3.8) is 0 Å². The summed E-state index contributed by atoms with van der Waals surface area (Å²) in [4.78, 5) is 13.4. The van der Waals surface area contributed by atoms with E-state index in [1.807, 2.05) is 0 Å². The van der Waals surface area contributed by atoms with Crippen LogP contribution in [0.3, 0.4) is 0 Å². The second-order valence-corrected chi connectivity index (χ2v) is 7.70. The van der Waals surface area contributed by atoms with Crippen LogP contribution in [0.5, 0.6) is 5.75 Å². The molecule has 1 aromatic rings. The largest absolute Gasteiger partial charge is 0.495 e. The molecule has 1 aliphatic heterocycles. The van der Waals surface area contributed by atoms with Crippen LogP contribution in [0.1, 0.15) is 18.9 Å². The van der Waals surface area contributed by atoms with E-state index in [-0.39, 0.29) is 29.6 Å². The third-order valence-corrected chi connectivity index (χ3v) is 6.28. The second kappa shape index (κ2) is 7.07. The fourth-order valence-corrected chi connectivity index (χ4v) is 4.35. The van der Waals surface area contributed by atoms with Gasteiger partial charge in [-0.3, -0.25) is 4.79 Å². The molecule has 23 heavy (non-hydrogen) atoms. The Bertz CT molecular complexity index is 698. The minimum atomic E-state index is -3.71. The monoisotopic (exact) mass is 360 g/mol. The van der Waals surface area contributed by atoms with E-state index in [0.29, 0.717) is 24.5 Å². The fraction of sp³-hybridized carbons (Fsp3) is 0.533. The molecule has 1 heterocycles. The van der Waals surface area contributed by atoms with Crippen LogP contribution in [0, 0.1) is 6.92 Å². The van der Waals surface area contributed by atoms with Gasteiger partial charge in [0.05, 0.1) is 7.11 Å². The van der Waals surface area contributed by atoms with Gasteiger partial charge in [-0.2, -0.15) is 4.31 Å². The van der Waals surface area contributed by atoms with Gasteiger partial charge in [0.1, 0.15) is 10.6 Å². The predicted molar refractivity (Wildman–Crippen MR) is 88.4 cm³/mol. The molecule has 0 unspecified atom stereocenters. The zero-order valence-corrected chi connectivity index (χ0v) is 15.1. The van der Waals surface area contributed by atoms with Crippen molar-refractivity contribution in [1.29, 1.82) is 0 Å². The first kappa shape index (κ1) is 18.0. The number of sulfonamides is 1. The molecule has 0 saturated carbocycles. The van der Waals surface area contributed by atoms with Crippen LogP contribution in [0.2, 0.25) is 5.02 Å². The Labute approximate surface area is 142 Å². The van der Waals surface area contributed by atoms with Crippen molar-refractivity contribution in [2.75, 3.05) is 33.3 Å². The van der Waals surface area contributed by atoms with Crippen LogP contribution in [0.15, 0.2) is 17.0 Å². The van der Waals surface area contributed by atoms with E-state index in [4.69, 9.17) is 16.3 Å². The molecule has 1 aromatic carbocycles. The van der Waals surface area contributed by atoms with Gasteiger partial charge >= 0.3 is 0 Å². The highest BCUT2D eigenvalue weighted by atomic mass is 35.5. The van der Waals surface area contributed by atoms with Gasteiger partial charge < -0.3 is 9.64 Å². The van der Waals surface area contributed by atoms with Gasteiger partial charge in [0.15, 0.2) is 0 Å². The molecule has 1 fully saturated rings. The Morgan fingerprint density at radius 3 is 2.39 bits per heavy atom. The van der Waals surface area contributed by atoms with E-state index in [1.54, 1.807) is 24.8 Å². The molecule has 0 aromatic heterocycles. The predicted octanol–water partition coefficient (Wildman–Crippen LogP) is 1.90. The van der Waals surface area contributed by atoms with Crippen LogP contribution in [-0.2, 0) is 14.8 Å². The number of benzene rings is 1. The SMILES string of the molecule is CCC(=O)N1CCN(S(=O)(=O)c2cc(Cl)c(C)cc2OC)CC1. The molecule has 0 bridgehead atoms. The summed E-state index contributed by atoms with van der Waals surface area (Å²) >= 11 is 6.08. The zero-order valence-electron chi connectivity index (χ0n) is 13.5. The summed E-state index contributed by atoms with van der Waals surface area (Å²) in [5.41, 5.74) is 0.751. The van der Waals surface area contributed by atoms with Crippen LogP contribution < -0.4 is 4.74 Å². The van der Waals surface area contributed by atoms with Gasteiger partial charge in [0.2, 0.25) is 15.9 Å². The Kier molecular flexibility index (Phi) is 5.54. The summed E-state index contributed by atoms with van der Waals surface area (Å²) in [6.45, 7) is 4.91. The van der Waals surface area contributed by atoms with Crippen molar-refractivity contribution in [3.05, 3.63) is 22.7 Å². The Morgan fingerprint density at radius 1 is 1.26 bits per heavy atom. The maximum Gasteiger partial charge on any atom is 0.246 e. The number of piperazine rings is 1. The van der Waals surface area contributed by atoms with Crippen LogP contribution in [0.4, 0.5) is 0 Å². The molecule has 8 heteroatoms. The maximum atomic E-state index is 12.9. The van der Waals surface area contributed by atoms with Crippen molar-refractivity contribution in [2.24, 2.45) is 0 Å². The number of ether oxygens (including phenoxy) is 1. The number of rotatable bonds is 4. The number of carbonyl (C=O) groups is 1. The average Bonchev–Trinajstić information content (AvgIpc) is 2.56. The minimum Gasteiger partial charge on any atom is -0.495 e. The van der Waals surface area contributed by atoms with Gasteiger partial charge in [-0.25, -0.2) is 8.42 Å². The van der Waals surface area contributed by atoms with E-state index in [1.165, 1.54) is 17.5 Å². The summed E-state index contributed by atoms with van der Waals surface area (Å²) in [5.74, 6) is 0.317. The molecular weight excluding hydrogens is 340 g/mol. The molecule has 0 radical (unpaired) electrons. The molecule has 0 N–H and O–H groups in total. The molecular formula is C15H21ClN2O4S. The van der Waals surface area contributed by atoms with Crippen molar-refractivity contribution < 1.29 is 17.9 Å². The van der Waals surface area contributed by atoms with Gasteiger partial charge in [-0.05, 0) is 24.6 Å². The van der Waals surface area contributed by atoms with Crippen molar-refractivity contribution in [3.8, 4) is 5.75 Å². The van der Waals surface area contributed by atoms with E-state index >= 15 is 0 Å². The molecule has 1 aliphatic rings. The lowest BCUT2D eigenvalue weighted by atomic mass is 10.2. The standard InChI is InChI=1S/C15H21ClN2O4S/c1-4-15(19)17-5-7-18(8-6-17)23(20,21)14-10-12(16)11(2)9-13(14)22-3/h9-10H,4-8H2,1-3H3. The molecule has 2 rings (SSSR count). The highest BCUT2D eigenvalue weighted by Gasteiger charge is 2.32. The van der Waals surface area contributed by atoms with Crippen molar-refractivity contribution in [1.82, 2.24) is 9.21 Å². The number of hydrogen-bond donors (Lipinski definition) is 0. The van der Waals surface area contributed by atoms with E-state index in [2.05, 4.69) is 0 Å². The van der Waals surface area contributed by atoms with Crippen molar-refractivity contribution in [2.45, 2.75) is 25.2 Å². The van der Waals surface area contributed by atoms with Gasteiger partial charge in [0.25, 0.3) is 0 Å². The number of aryl methyl sites for hydroxylation is 1. The van der Waals surface area contributed by atoms with Gasteiger partial charge in [-0.15, -0.1) is 0 Å². The van der Waals surface area contributed by atoms with Crippen LogP contribution >= 0.6 is 11.6 Å². The Morgan fingerprint density at radius 2 is 1.87 bits per heavy atom. The number of amides is 1. The number of halogens is 1. The smallest absolute Gasteiger partial charge is 0.246 e. The molecule has 6 nitrogen and oxygen atoms in total. The first-order valence-electron chi connectivity index (χ1n) is 7.43. The quantitative estimate of drug-likeness (QED) is 0.822. The Balaban J connectivity index is 2.27. The lowest BCUT2D eigenvalue weighted by Crippen LogP contribution is -2.50. The van der Waals surface area contributed by atoms with E-state index < -0.39 is 10.0 Å². The second-order valence-electron chi connectivity index (χ2n) is 5.39. The molecule has 0 aliphatic carbocycles. The number of methoxy groups -OCH3 is 1. The van der Waals surface area contributed by atoms with Crippen LogP contribution in [0.25, 0.3) is 0 Å². The molecule has 1 amide bonds. The Hall–Kier alpha value is -1.31. The van der Waals surface area contributed by atoms with E-state index in [0.717, 1.165) is 5.56 Å². The third kappa shape index (κ3) is 3.62. The summed E-state index contributed by atoms with van der Waals surface area (Å²) < 4.78 is 32.3. The maximum absolute atomic E-state index is 12.9. The normalized spacial score (nSPS) is 16.4. The molecule has 0 atom stereocenters. The topological polar surface area (TPSA) is 66.9 Å². The lowest BCUT2D eigenvalue weighted by molar-refractivity contribution is -0.132. The number of nitrogens with zero attached hydrogens (tertiary/aromatic N) is 2. The van der Waals surface area contributed by atoms with Crippen molar-refractivity contribution >= 4 is 27.5 Å². The number of carbonyl (C=O) groups excluding carboxylic acids is 1. The van der Waals surface area contributed by atoms with Gasteiger partial charge in [0, 0.05) is 37.6 Å². The molecule has 0 spiro atoms. The van der Waals surface area contributed by atoms with Crippen LogP contribution in [-0.4, -0.2) is 56.8 Å². The van der Waals surface area contributed by atoms with Gasteiger partial charge in [-0.1, -0.05) is 18.5 Å². The van der Waals surface area contributed by atoms with E-state index in [9.17, 15) is 13.2 Å². The third-order valence-electron chi connectivity index (χ3n) is 3.96. The fourth-order valence-electron chi connectivity index (χ4n) is 2.54.